The summed E-state index contributed by atoms with van der Waals surface area (Å²) in [6.07, 6.45) is 0. The normalized spacial score (nSPS) is 9.56. The first kappa shape index (κ1) is 6.95. The van der Waals surface area contributed by atoms with Crippen LogP contribution in [-0.2, 0) is 0 Å². The summed E-state index contributed by atoms with van der Waals surface area (Å²) in [5.41, 5.74) is 5.28. The molecule has 0 saturated carbocycles. The maximum absolute atomic E-state index is 5.28. The molecule has 2 N–H and O–H groups in total. The van der Waals surface area contributed by atoms with Crippen molar-refractivity contribution >= 4 is 37.8 Å². The summed E-state index contributed by atoms with van der Waals surface area (Å²) < 4.78 is 1.36. The number of halogens is 2. The summed E-state index contributed by atoms with van der Waals surface area (Å²) in [5, 5.41) is 0. The van der Waals surface area contributed by atoms with Gasteiger partial charge >= 0.3 is 0 Å². The molecule has 1 rings (SSSR count). The van der Waals surface area contributed by atoms with Gasteiger partial charge in [-0.25, -0.2) is 9.97 Å². The predicted molar refractivity (Wildman–Crippen MR) is 41.8 cm³/mol. The fraction of sp³-hybridized carbons (Fsp3) is 0. The van der Waals surface area contributed by atoms with Crippen molar-refractivity contribution in [1.29, 1.82) is 0 Å². The average Bonchev–Trinajstić information content (AvgIpc) is 1.59. The van der Waals surface area contributed by atoms with Gasteiger partial charge in [0.1, 0.15) is 9.21 Å². The quantitative estimate of drug-likeness (QED) is 0.714. The largest absolute Gasteiger partial charge is 0.368 e. The molecule has 3 nitrogen and oxygen atoms in total. The highest BCUT2D eigenvalue weighted by Gasteiger charge is 1.93. The maximum Gasteiger partial charge on any atom is 0.222 e. The minimum atomic E-state index is 0.260. The first-order valence-electron chi connectivity index (χ1n) is 2.14. The molecule has 1 aromatic heterocycles. The monoisotopic (exact) mass is 251 g/mol. The predicted octanol–water partition coefficient (Wildman–Crippen LogP) is 1.58. The molecule has 0 radical (unpaired) electrons. The highest BCUT2D eigenvalue weighted by molar-refractivity contribution is 9.11. The van der Waals surface area contributed by atoms with Crippen molar-refractivity contribution in [3.63, 3.8) is 0 Å². The van der Waals surface area contributed by atoms with Crippen LogP contribution in [0.1, 0.15) is 0 Å². The van der Waals surface area contributed by atoms with Crippen molar-refractivity contribution in [1.82, 2.24) is 9.97 Å². The molecule has 0 unspecified atom stereocenters. The standard InChI is InChI=1S/C4H3Br2N3/c5-2-1-3(6)9-4(7)8-2/h1H,(H2,7,8,9). The summed E-state index contributed by atoms with van der Waals surface area (Å²) in [6.45, 7) is 0. The number of hydrogen-bond acceptors (Lipinski definition) is 3. The Labute approximate surface area is 68.9 Å². The lowest BCUT2D eigenvalue weighted by molar-refractivity contribution is 1.13. The topological polar surface area (TPSA) is 51.8 Å². The van der Waals surface area contributed by atoms with E-state index < -0.39 is 0 Å². The van der Waals surface area contributed by atoms with Crippen molar-refractivity contribution in [2.75, 3.05) is 5.73 Å². The van der Waals surface area contributed by atoms with Gasteiger partial charge in [0.15, 0.2) is 0 Å². The third kappa shape index (κ3) is 1.91. The van der Waals surface area contributed by atoms with Gasteiger partial charge < -0.3 is 5.73 Å². The van der Waals surface area contributed by atoms with E-state index in [0.29, 0.717) is 9.21 Å². The van der Waals surface area contributed by atoms with Gasteiger partial charge in [0.2, 0.25) is 5.95 Å². The molecule has 0 bridgehead atoms. The van der Waals surface area contributed by atoms with E-state index in [1.54, 1.807) is 6.07 Å². The van der Waals surface area contributed by atoms with Crippen LogP contribution < -0.4 is 5.73 Å². The first-order chi connectivity index (χ1) is 4.18. The lowest BCUT2D eigenvalue weighted by Gasteiger charge is -1.92. The van der Waals surface area contributed by atoms with E-state index in [9.17, 15) is 0 Å². The molecule has 1 aromatic rings. The van der Waals surface area contributed by atoms with Gasteiger partial charge in [-0.15, -0.1) is 0 Å². The van der Waals surface area contributed by atoms with Gasteiger partial charge in [-0.2, -0.15) is 0 Å². The second-order valence-corrected chi connectivity index (χ2v) is 3.00. The summed E-state index contributed by atoms with van der Waals surface area (Å²) >= 11 is 6.30. The molecule has 0 fully saturated rings. The summed E-state index contributed by atoms with van der Waals surface area (Å²) in [7, 11) is 0. The maximum atomic E-state index is 5.28. The first-order valence-corrected chi connectivity index (χ1v) is 3.72. The molecule has 0 aromatic carbocycles. The van der Waals surface area contributed by atoms with E-state index in [1.807, 2.05) is 0 Å². The van der Waals surface area contributed by atoms with Crippen molar-refractivity contribution in [2.45, 2.75) is 0 Å². The highest BCUT2D eigenvalue weighted by Crippen LogP contribution is 2.13. The second-order valence-electron chi connectivity index (χ2n) is 1.37. The van der Waals surface area contributed by atoms with E-state index in [-0.39, 0.29) is 5.95 Å². The lowest BCUT2D eigenvalue weighted by atomic mass is 10.7. The molecule has 0 amide bonds. The van der Waals surface area contributed by atoms with Gasteiger partial charge in [-0.3, -0.25) is 0 Å². The Morgan fingerprint density at radius 3 is 2.00 bits per heavy atom. The Morgan fingerprint density at radius 1 is 1.22 bits per heavy atom. The molecule has 0 aliphatic heterocycles. The smallest absolute Gasteiger partial charge is 0.222 e. The van der Waals surface area contributed by atoms with E-state index in [1.165, 1.54) is 0 Å². The molecule has 0 aliphatic rings. The van der Waals surface area contributed by atoms with Crippen molar-refractivity contribution < 1.29 is 0 Å². The molecule has 0 atom stereocenters. The van der Waals surface area contributed by atoms with E-state index in [0.717, 1.165) is 0 Å². The number of rotatable bonds is 0. The third-order valence-electron chi connectivity index (χ3n) is 0.681. The van der Waals surface area contributed by atoms with Gasteiger partial charge in [0.05, 0.1) is 0 Å². The zero-order valence-corrected chi connectivity index (χ0v) is 7.48. The minimum absolute atomic E-state index is 0.260. The molecular formula is C4H3Br2N3. The Balaban J connectivity index is 3.17. The number of nitrogen functional groups attached to an aromatic ring is 1. The average molecular weight is 253 g/mol. The third-order valence-corrected chi connectivity index (χ3v) is 1.49. The van der Waals surface area contributed by atoms with Crippen LogP contribution in [0, 0.1) is 0 Å². The van der Waals surface area contributed by atoms with Crippen LogP contribution in [0.15, 0.2) is 15.3 Å². The number of anilines is 1. The Morgan fingerprint density at radius 2 is 1.67 bits per heavy atom. The number of hydrogen-bond donors (Lipinski definition) is 1. The molecular weight excluding hydrogens is 250 g/mol. The Kier molecular flexibility index (Phi) is 2.02. The van der Waals surface area contributed by atoms with Gasteiger partial charge in [-0.05, 0) is 31.9 Å². The summed E-state index contributed by atoms with van der Waals surface area (Å²) in [6, 6.07) is 1.72. The molecule has 1 heterocycles. The zero-order chi connectivity index (χ0) is 6.85. The SMILES string of the molecule is Nc1nc(Br)cc(Br)n1. The Bertz CT molecular complexity index is 175. The molecule has 0 saturated heterocycles. The van der Waals surface area contributed by atoms with Gasteiger partial charge in [0, 0.05) is 6.07 Å². The number of nitrogens with two attached hydrogens (primary N) is 1. The number of aromatic nitrogens is 2. The molecule has 0 spiro atoms. The van der Waals surface area contributed by atoms with Crippen molar-refractivity contribution in [2.24, 2.45) is 0 Å². The second kappa shape index (κ2) is 2.62. The summed E-state index contributed by atoms with van der Waals surface area (Å²) in [5.74, 6) is 0.260. The molecule has 48 valence electrons. The van der Waals surface area contributed by atoms with Crippen molar-refractivity contribution in [3.05, 3.63) is 15.3 Å². The molecule has 0 aliphatic carbocycles. The van der Waals surface area contributed by atoms with Crippen LogP contribution in [0.5, 0.6) is 0 Å². The highest BCUT2D eigenvalue weighted by atomic mass is 79.9. The van der Waals surface area contributed by atoms with E-state index >= 15 is 0 Å². The van der Waals surface area contributed by atoms with Crippen molar-refractivity contribution in [3.8, 4) is 0 Å². The Hall–Kier alpha value is -0.160. The van der Waals surface area contributed by atoms with Crippen LogP contribution in [-0.4, -0.2) is 9.97 Å². The van der Waals surface area contributed by atoms with Crippen LogP contribution in [0.25, 0.3) is 0 Å². The van der Waals surface area contributed by atoms with Gasteiger partial charge in [-0.1, -0.05) is 0 Å². The molecule has 5 heteroatoms. The van der Waals surface area contributed by atoms with Crippen LogP contribution >= 0.6 is 31.9 Å². The zero-order valence-electron chi connectivity index (χ0n) is 4.31. The van der Waals surface area contributed by atoms with Gasteiger partial charge in [0.25, 0.3) is 0 Å². The molecule has 9 heavy (non-hydrogen) atoms. The summed E-state index contributed by atoms with van der Waals surface area (Å²) in [4.78, 5) is 7.58. The van der Waals surface area contributed by atoms with E-state index in [4.69, 9.17) is 5.73 Å². The van der Waals surface area contributed by atoms with E-state index in [2.05, 4.69) is 41.8 Å². The fourth-order valence-corrected chi connectivity index (χ4v) is 1.51. The number of nitrogens with zero attached hydrogens (tertiary/aromatic N) is 2. The minimum Gasteiger partial charge on any atom is -0.368 e. The van der Waals surface area contributed by atoms with Crippen LogP contribution in [0.4, 0.5) is 5.95 Å². The van der Waals surface area contributed by atoms with Crippen LogP contribution in [0.3, 0.4) is 0 Å². The lowest BCUT2D eigenvalue weighted by Crippen LogP contribution is -1.93. The fourth-order valence-electron chi connectivity index (χ4n) is 0.407. The van der Waals surface area contributed by atoms with Crippen LogP contribution in [0.2, 0.25) is 0 Å².